The molecule has 1 amide bonds. The van der Waals surface area contributed by atoms with Gasteiger partial charge in [0, 0.05) is 43.2 Å². The van der Waals surface area contributed by atoms with E-state index in [1.54, 1.807) is 23.1 Å². The summed E-state index contributed by atoms with van der Waals surface area (Å²) in [6.07, 6.45) is 8.08. The number of ether oxygens (including phenoxy) is 2. The number of carbonyl (C=O) groups excluding carboxylic acids is 1. The zero-order valence-electron chi connectivity index (χ0n) is 17.1. The number of oxazole rings is 1. The van der Waals surface area contributed by atoms with Gasteiger partial charge in [-0.25, -0.2) is 9.78 Å². The van der Waals surface area contributed by atoms with Gasteiger partial charge in [-0.2, -0.15) is 0 Å². The van der Waals surface area contributed by atoms with Crippen molar-refractivity contribution >= 4 is 29.5 Å². The van der Waals surface area contributed by atoms with Crippen LogP contribution in [0.1, 0.15) is 49.1 Å². The van der Waals surface area contributed by atoms with E-state index in [1.165, 1.54) is 18.9 Å². The minimum atomic E-state index is -0.288. The van der Waals surface area contributed by atoms with E-state index in [0.717, 1.165) is 50.5 Å². The number of halogens is 1. The average Bonchev–Trinajstić information content (AvgIpc) is 3.21. The molecule has 2 saturated heterocycles. The fourth-order valence-corrected chi connectivity index (χ4v) is 4.48. The molecule has 0 atom stereocenters. The summed E-state index contributed by atoms with van der Waals surface area (Å²) in [6.45, 7) is 6.32. The number of aromatic nitrogens is 1. The van der Waals surface area contributed by atoms with E-state index in [4.69, 9.17) is 36.2 Å². The van der Waals surface area contributed by atoms with E-state index in [9.17, 15) is 4.79 Å². The second-order valence-corrected chi connectivity index (χ2v) is 8.75. The lowest BCUT2D eigenvalue weighted by Crippen LogP contribution is -2.37. The number of carbonyl (C=O) groups is 1. The van der Waals surface area contributed by atoms with Crippen LogP contribution in [0.4, 0.5) is 4.79 Å². The number of thioether (sulfide) groups is 1. The van der Waals surface area contributed by atoms with E-state index < -0.39 is 0 Å². The van der Waals surface area contributed by atoms with Gasteiger partial charge < -0.3 is 24.5 Å². The van der Waals surface area contributed by atoms with Gasteiger partial charge >= 0.3 is 6.09 Å². The zero-order valence-corrected chi connectivity index (χ0v) is 18.7. The van der Waals surface area contributed by atoms with Gasteiger partial charge in [0.1, 0.15) is 0 Å². The highest BCUT2D eigenvalue weighted by Gasteiger charge is 2.31. The number of likely N-dealkylation sites (tertiary alicyclic amines) is 1. The molecule has 0 radical (unpaired) electrons. The standard InChI is InChI=1S/C21H28ClN3O4S/c1-3-16(22)4-5-17(23)30-20-18(14-6-10-25(11-7-14)21(26)27-2)24-19(29-20)15-8-12-28-13-9-15/h3-5,14-15H,1,6-13,23H2,2H3/b16-4+,17-5+. The van der Waals surface area contributed by atoms with Crippen LogP contribution < -0.4 is 5.73 Å². The van der Waals surface area contributed by atoms with Crippen LogP contribution in [-0.4, -0.2) is 49.4 Å². The quantitative estimate of drug-likeness (QED) is 0.492. The zero-order chi connectivity index (χ0) is 21.5. The number of rotatable bonds is 6. The third kappa shape index (κ3) is 5.83. The molecule has 30 heavy (non-hydrogen) atoms. The van der Waals surface area contributed by atoms with Gasteiger partial charge in [0.15, 0.2) is 11.0 Å². The smallest absolute Gasteiger partial charge is 0.409 e. The Morgan fingerprint density at radius 2 is 1.97 bits per heavy atom. The largest absolute Gasteiger partial charge is 0.453 e. The first-order chi connectivity index (χ1) is 14.5. The van der Waals surface area contributed by atoms with E-state index in [2.05, 4.69) is 6.58 Å². The molecule has 0 saturated carbocycles. The Bertz CT molecular complexity index is 809. The van der Waals surface area contributed by atoms with Crippen LogP contribution in [0.25, 0.3) is 0 Å². The molecule has 9 heteroatoms. The summed E-state index contributed by atoms with van der Waals surface area (Å²) >= 11 is 7.31. The summed E-state index contributed by atoms with van der Waals surface area (Å²) in [5.74, 6) is 1.20. The highest BCUT2D eigenvalue weighted by molar-refractivity contribution is 8.02. The number of allylic oxidation sites excluding steroid dienone is 4. The van der Waals surface area contributed by atoms with Crippen molar-refractivity contribution in [3.8, 4) is 0 Å². The van der Waals surface area contributed by atoms with Gasteiger partial charge in [0.25, 0.3) is 0 Å². The molecule has 2 N–H and O–H groups in total. The number of hydrogen-bond acceptors (Lipinski definition) is 7. The molecule has 3 rings (SSSR count). The Morgan fingerprint density at radius 1 is 1.27 bits per heavy atom. The maximum atomic E-state index is 11.8. The molecule has 164 valence electrons. The average molecular weight is 454 g/mol. The number of hydrogen-bond donors (Lipinski definition) is 1. The molecule has 0 spiro atoms. The molecule has 1 aromatic rings. The van der Waals surface area contributed by atoms with Gasteiger partial charge in [0.2, 0.25) is 0 Å². The van der Waals surface area contributed by atoms with Gasteiger partial charge in [-0.05, 0) is 49.6 Å². The van der Waals surface area contributed by atoms with Crippen molar-refractivity contribution < 1.29 is 18.7 Å². The minimum absolute atomic E-state index is 0.200. The summed E-state index contributed by atoms with van der Waals surface area (Å²) in [7, 11) is 1.41. The number of amides is 1. The molecule has 7 nitrogen and oxygen atoms in total. The summed E-state index contributed by atoms with van der Waals surface area (Å²) < 4.78 is 16.5. The van der Waals surface area contributed by atoms with E-state index in [1.807, 2.05) is 0 Å². The molecule has 0 bridgehead atoms. The summed E-state index contributed by atoms with van der Waals surface area (Å²) in [5.41, 5.74) is 7.10. The minimum Gasteiger partial charge on any atom is -0.453 e. The van der Waals surface area contributed by atoms with Gasteiger partial charge in [0.05, 0.1) is 17.8 Å². The molecule has 2 fully saturated rings. The summed E-state index contributed by atoms with van der Waals surface area (Å²) in [4.78, 5) is 18.4. The molecule has 2 aliphatic heterocycles. The maximum Gasteiger partial charge on any atom is 0.409 e. The van der Waals surface area contributed by atoms with Crippen molar-refractivity contribution in [2.24, 2.45) is 5.73 Å². The lowest BCUT2D eigenvalue weighted by atomic mass is 9.94. The Kier molecular flexibility index (Phi) is 8.30. The maximum absolute atomic E-state index is 11.8. The molecule has 0 unspecified atom stereocenters. The number of nitrogens with zero attached hydrogens (tertiary/aromatic N) is 2. The van der Waals surface area contributed by atoms with E-state index >= 15 is 0 Å². The molecular weight excluding hydrogens is 426 g/mol. The van der Waals surface area contributed by atoms with Crippen molar-refractivity contribution in [3.63, 3.8) is 0 Å². The van der Waals surface area contributed by atoms with Crippen LogP contribution in [0.5, 0.6) is 0 Å². The highest BCUT2D eigenvalue weighted by atomic mass is 35.5. The van der Waals surface area contributed by atoms with Crippen molar-refractivity contribution in [2.75, 3.05) is 33.4 Å². The predicted octanol–water partition coefficient (Wildman–Crippen LogP) is 4.72. The molecule has 3 heterocycles. The summed E-state index contributed by atoms with van der Waals surface area (Å²) in [5, 5.41) is 1.78. The van der Waals surface area contributed by atoms with Crippen molar-refractivity contribution in [3.05, 3.63) is 46.5 Å². The van der Waals surface area contributed by atoms with Crippen LogP contribution in [0.3, 0.4) is 0 Å². The Labute approximate surface area is 186 Å². The van der Waals surface area contributed by atoms with Crippen molar-refractivity contribution in [1.29, 1.82) is 0 Å². The Balaban J connectivity index is 1.80. The van der Waals surface area contributed by atoms with Gasteiger partial charge in [-0.3, -0.25) is 0 Å². The number of nitrogens with two attached hydrogens (primary N) is 1. The fraction of sp³-hybridized carbons (Fsp3) is 0.524. The number of methoxy groups -OCH3 is 1. The molecule has 1 aromatic heterocycles. The van der Waals surface area contributed by atoms with Crippen LogP contribution >= 0.6 is 23.4 Å². The van der Waals surface area contributed by atoms with Crippen LogP contribution in [-0.2, 0) is 9.47 Å². The predicted molar refractivity (Wildman–Crippen MR) is 118 cm³/mol. The second kappa shape index (κ2) is 10.9. The first-order valence-electron chi connectivity index (χ1n) is 10.1. The van der Waals surface area contributed by atoms with Crippen molar-refractivity contribution in [1.82, 2.24) is 9.88 Å². The van der Waals surface area contributed by atoms with Crippen molar-refractivity contribution in [2.45, 2.75) is 42.6 Å². The molecular formula is C21H28ClN3O4S. The van der Waals surface area contributed by atoms with E-state index in [0.29, 0.717) is 28.2 Å². The van der Waals surface area contributed by atoms with E-state index in [-0.39, 0.29) is 17.9 Å². The second-order valence-electron chi connectivity index (χ2n) is 7.27. The SMILES string of the molecule is C=C/C(Cl)=C\C=C(/N)Sc1oc(C2CCOCC2)nc1C1CCN(C(=O)OC)CC1. The monoisotopic (exact) mass is 453 g/mol. The van der Waals surface area contributed by atoms with Crippen LogP contribution in [0.2, 0.25) is 0 Å². The molecule has 2 aliphatic rings. The van der Waals surface area contributed by atoms with Crippen LogP contribution in [0.15, 0.2) is 44.4 Å². The summed E-state index contributed by atoms with van der Waals surface area (Å²) in [6, 6.07) is 0. The van der Waals surface area contributed by atoms with Gasteiger partial charge in [-0.1, -0.05) is 24.3 Å². The third-order valence-corrected chi connectivity index (χ3v) is 6.46. The van der Waals surface area contributed by atoms with Gasteiger partial charge in [-0.15, -0.1) is 0 Å². The topological polar surface area (TPSA) is 90.8 Å². The lowest BCUT2D eigenvalue weighted by Gasteiger charge is -2.30. The first-order valence-corrected chi connectivity index (χ1v) is 11.3. The Morgan fingerprint density at radius 3 is 2.60 bits per heavy atom. The number of piperidine rings is 1. The van der Waals surface area contributed by atoms with Crippen LogP contribution in [0, 0.1) is 0 Å². The first kappa shape index (κ1) is 22.8. The highest BCUT2D eigenvalue weighted by Crippen LogP contribution is 2.40. The molecule has 0 aliphatic carbocycles. The fourth-order valence-electron chi connectivity index (χ4n) is 3.62. The molecule has 0 aromatic carbocycles. The lowest BCUT2D eigenvalue weighted by molar-refractivity contribution is 0.0786. The normalized spacial score (nSPS) is 19.7. The Hall–Kier alpha value is -1.90. The third-order valence-electron chi connectivity index (χ3n) is 5.33.